The average molecular weight is 163 g/mol. The molecular weight excluding hydrogens is 146 g/mol. The average Bonchev–Trinajstić information content (AvgIpc) is 2.04. The fourth-order valence-electron chi connectivity index (χ4n) is 0.506. The van der Waals surface area contributed by atoms with Crippen LogP contribution in [0.15, 0.2) is 0 Å². The summed E-state index contributed by atoms with van der Waals surface area (Å²) in [5, 5.41) is 8.95. The molecule has 4 heteroatoms. The Kier molecular flexibility index (Phi) is 6.45. The minimum absolute atomic E-state index is 0.0694. The van der Waals surface area contributed by atoms with E-state index in [4.69, 9.17) is 20.3 Å². The SMILES string of the molecule is COC(C)COCC(O)CN. The van der Waals surface area contributed by atoms with Gasteiger partial charge >= 0.3 is 0 Å². The highest BCUT2D eigenvalue weighted by molar-refractivity contribution is 4.53. The van der Waals surface area contributed by atoms with E-state index in [2.05, 4.69) is 0 Å². The van der Waals surface area contributed by atoms with Crippen molar-refractivity contribution in [3.8, 4) is 0 Å². The summed E-state index contributed by atoms with van der Waals surface area (Å²) in [5.41, 5.74) is 5.16. The van der Waals surface area contributed by atoms with E-state index < -0.39 is 6.10 Å². The highest BCUT2D eigenvalue weighted by Crippen LogP contribution is 1.90. The minimum atomic E-state index is -0.556. The normalized spacial score (nSPS) is 16.4. The first-order chi connectivity index (χ1) is 5.20. The largest absolute Gasteiger partial charge is 0.389 e. The zero-order valence-corrected chi connectivity index (χ0v) is 7.12. The Morgan fingerprint density at radius 1 is 1.45 bits per heavy atom. The summed E-state index contributed by atoms with van der Waals surface area (Å²) in [4.78, 5) is 0. The second-order valence-electron chi connectivity index (χ2n) is 2.47. The molecule has 0 rings (SSSR count). The van der Waals surface area contributed by atoms with Gasteiger partial charge in [0, 0.05) is 13.7 Å². The van der Waals surface area contributed by atoms with Gasteiger partial charge in [-0.2, -0.15) is 0 Å². The van der Waals surface area contributed by atoms with Gasteiger partial charge in [0.05, 0.1) is 25.4 Å². The number of methoxy groups -OCH3 is 1. The number of rotatable bonds is 6. The fourth-order valence-corrected chi connectivity index (χ4v) is 0.506. The maximum atomic E-state index is 8.95. The molecule has 68 valence electrons. The van der Waals surface area contributed by atoms with E-state index in [-0.39, 0.29) is 19.3 Å². The second-order valence-corrected chi connectivity index (χ2v) is 2.47. The maximum Gasteiger partial charge on any atom is 0.0895 e. The monoisotopic (exact) mass is 163 g/mol. The van der Waals surface area contributed by atoms with Crippen LogP contribution in [0.1, 0.15) is 6.92 Å². The first-order valence-electron chi connectivity index (χ1n) is 3.69. The molecule has 0 spiro atoms. The Labute approximate surface area is 67.3 Å². The van der Waals surface area contributed by atoms with E-state index in [0.29, 0.717) is 6.61 Å². The van der Waals surface area contributed by atoms with Crippen molar-refractivity contribution in [1.29, 1.82) is 0 Å². The molecule has 0 aliphatic rings. The van der Waals surface area contributed by atoms with E-state index in [0.717, 1.165) is 0 Å². The van der Waals surface area contributed by atoms with Crippen molar-refractivity contribution >= 4 is 0 Å². The Bertz CT molecular complexity index is 79.8. The summed E-state index contributed by atoms with van der Waals surface area (Å²) < 4.78 is 10.0. The van der Waals surface area contributed by atoms with Crippen LogP contribution in [-0.4, -0.2) is 44.2 Å². The van der Waals surface area contributed by atoms with Crippen molar-refractivity contribution in [1.82, 2.24) is 0 Å². The molecular formula is C7H17NO3. The molecule has 0 saturated heterocycles. The number of aliphatic hydroxyl groups is 1. The van der Waals surface area contributed by atoms with E-state index in [9.17, 15) is 0 Å². The Morgan fingerprint density at radius 2 is 2.09 bits per heavy atom. The smallest absolute Gasteiger partial charge is 0.0895 e. The van der Waals surface area contributed by atoms with Crippen molar-refractivity contribution in [2.24, 2.45) is 5.73 Å². The molecule has 0 heterocycles. The molecule has 11 heavy (non-hydrogen) atoms. The van der Waals surface area contributed by atoms with Gasteiger partial charge < -0.3 is 20.3 Å². The molecule has 0 aromatic rings. The summed E-state index contributed by atoms with van der Waals surface area (Å²) in [7, 11) is 1.62. The molecule has 0 bridgehead atoms. The molecule has 0 aliphatic heterocycles. The highest BCUT2D eigenvalue weighted by Gasteiger charge is 2.03. The van der Waals surface area contributed by atoms with Crippen LogP contribution in [0.5, 0.6) is 0 Å². The van der Waals surface area contributed by atoms with E-state index in [1.54, 1.807) is 7.11 Å². The number of ether oxygens (including phenoxy) is 2. The van der Waals surface area contributed by atoms with Crippen molar-refractivity contribution in [3.05, 3.63) is 0 Å². The molecule has 3 N–H and O–H groups in total. The van der Waals surface area contributed by atoms with Crippen LogP contribution in [0, 0.1) is 0 Å². The number of nitrogens with two attached hydrogens (primary N) is 1. The lowest BCUT2D eigenvalue weighted by molar-refractivity contribution is -0.0140. The van der Waals surface area contributed by atoms with Crippen molar-refractivity contribution < 1.29 is 14.6 Å². The van der Waals surface area contributed by atoms with Crippen LogP contribution in [0.3, 0.4) is 0 Å². The number of hydrogen-bond acceptors (Lipinski definition) is 4. The van der Waals surface area contributed by atoms with Crippen molar-refractivity contribution in [2.75, 3.05) is 26.9 Å². The lowest BCUT2D eigenvalue weighted by Gasteiger charge is -2.12. The Morgan fingerprint density at radius 3 is 2.55 bits per heavy atom. The quantitative estimate of drug-likeness (QED) is 0.546. The van der Waals surface area contributed by atoms with E-state index >= 15 is 0 Å². The lowest BCUT2D eigenvalue weighted by atomic mass is 10.4. The first kappa shape index (κ1) is 10.8. The predicted octanol–water partition coefficient (Wildman–Crippen LogP) is -0.642. The third kappa shape index (κ3) is 6.25. The van der Waals surface area contributed by atoms with Gasteiger partial charge in [-0.3, -0.25) is 0 Å². The van der Waals surface area contributed by atoms with Crippen LogP contribution in [0.25, 0.3) is 0 Å². The van der Waals surface area contributed by atoms with Gasteiger partial charge in [-0.05, 0) is 6.92 Å². The third-order valence-corrected chi connectivity index (χ3v) is 1.34. The molecule has 0 radical (unpaired) electrons. The van der Waals surface area contributed by atoms with E-state index in [1.807, 2.05) is 6.92 Å². The summed E-state index contributed by atoms with van der Waals surface area (Å²) in [6, 6.07) is 0. The molecule has 0 aromatic carbocycles. The number of aliphatic hydroxyl groups excluding tert-OH is 1. The van der Waals surface area contributed by atoms with Gasteiger partial charge in [-0.1, -0.05) is 0 Å². The number of hydrogen-bond donors (Lipinski definition) is 2. The molecule has 2 atom stereocenters. The highest BCUT2D eigenvalue weighted by atomic mass is 16.5. The summed E-state index contributed by atoms with van der Waals surface area (Å²) >= 11 is 0. The van der Waals surface area contributed by atoms with Crippen molar-refractivity contribution in [3.63, 3.8) is 0 Å². The topological polar surface area (TPSA) is 64.7 Å². The van der Waals surface area contributed by atoms with Crippen LogP contribution in [-0.2, 0) is 9.47 Å². The fraction of sp³-hybridized carbons (Fsp3) is 1.00. The molecule has 0 aromatic heterocycles. The summed E-state index contributed by atoms with van der Waals surface area (Å²) in [6.45, 7) is 2.91. The van der Waals surface area contributed by atoms with Gasteiger partial charge in [0.15, 0.2) is 0 Å². The maximum absolute atomic E-state index is 8.95. The standard InChI is InChI=1S/C7H17NO3/c1-6(10-2)4-11-5-7(9)3-8/h6-7,9H,3-5,8H2,1-2H3. The van der Waals surface area contributed by atoms with Gasteiger partial charge in [0.1, 0.15) is 0 Å². The Balaban J connectivity index is 3.13. The summed E-state index contributed by atoms with van der Waals surface area (Å²) in [6.07, 6.45) is -0.487. The molecule has 2 unspecified atom stereocenters. The van der Waals surface area contributed by atoms with E-state index in [1.165, 1.54) is 0 Å². The van der Waals surface area contributed by atoms with Gasteiger partial charge in [0.2, 0.25) is 0 Å². The second kappa shape index (κ2) is 6.54. The molecule has 4 nitrogen and oxygen atoms in total. The zero-order chi connectivity index (χ0) is 8.69. The van der Waals surface area contributed by atoms with Gasteiger partial charge in [0.25, 0.3) is 0 Å². The van der Waals surface area contributed by atoms with Crippen LogP contribution < -0.4 is 5.73 Å². The molecule has 0 amide bonds. The lowest BCUT2D eigenvalue weighted by Crippen LogP contribution is -2.27. The zero-order valence-electron chi connectivity index (χ0n) is 7.12. The molecule has 0 aliphatic carbocycles. The van der Waals surface area contributed by atoms with Crippen molar-refractivity contribution in [2.45, 2.75) is 19.1 Å². The third-order valence-electron chi connectivity index (χ3n) is 1.34. The molecule has 0 fully saturated rings. The first-order valence-corrected chi connectivity index (χ1v) is 3.69. The van der Waals surface area contributed by atoms with Crippen LogP contribution >= 0.6 is 0 Å². The summed E-state index contributed by atoms with van der Waals surface area (Å²) in [5.74, 6) is 0. The van der Waals surface area contributed by atoms with Crippen LogP contribution in [0.2, 0.25) is 0 Å². The van der Waals surface area contributed by atoms with Gasteiger partial charge in [-0.15, -0.1) is 0 Å². The molecule has 0 saturated carbocycles. The van der Waals surface area contributed by atoms with Crippen LogP contribution in [0.4, 0.5) is 0 Å². The Hall–Kier alpha value is -0.160. The van der Waals surface area contributed by atoms with Gasteiger partial charge in [-0.25, -0.2) is 0 Å². The predicted molar refractivity (Wildman–Crippen MR) is 42.4 cm³/mol. The minimum Gasteiger partial charge on any atom is -0.389 e.